The molecule has 0 aliphatic heterocycles. The highest BCUT2D eigenvalue weighted by atomic mass is 28.3. The highest BCUT2D eigenvalue weighted by Gasteiger charge is 2.32. The van der Waals surface area contributed by atoms with E-state index in [9.17, 15) is 17.6 Å². The standard InChI is InChI=1S/C23H20F4OSi/c1-29(2,19-11-9-17(24)10-12-19)23(27)21(26)14-16-8-13-20(25)22(15-16)28-18-6-4-3-5-7-18/h3-13,15H,14H2,1-2H3/b23-21-. The Hall–Kier alpha value is -2.86. The van der Waals surface area contributed by atoms with Gasteiger partial charge in [0.05, 0.1) is 0 Å². The van der Waals surface area contributed by atoms with E-state index >= 15 is 0 Å². The van der Waals surface area contributed by atoms with Crippen LogP contribution in [0, 0.1) is 11.6 Å². The van der Waals surface area contributed by atoms with Crippen LogP contribution in [0.2, 0.25) is 13.1 Å². The molecule has 3 rings (SSSR count). The Bertz CT molecular complexity index is 1010. The number of hydrogen-bond donors (Lipinski definition) is 0. The second-order valence-corrected chi connectivity index (χ2v) is 11.5. The normalized spacial score (nSPS) is 12.5. The molecule has 0 spiro atoms. The first-order chi connectivity index (χ1) is 13.8. The summed E-state index contributed by atoms with van der Waals surface area (Å²) in [5.41, 5.74) is -0.437. The zero-order valence-electron chi connectivity index (χ0n) is 16.1. The zero-order chi connectivity index (χ0) is 21.0. The third-order valence-corrected chi connectivity index (χ3v) is 7.82. The van der Waals surface area contributed by atoms with E-state index < -0.39 is 31.0 Å². The Labute approximate surface area is 168 Å². The van der Waals surface area contributed by atoms with Crippen LogP contribution in [0.4, 0.5) is 17.6 Å². The topological polar surface area (TPSA) is 9.23 Å². The summed E-state index contributed by atoms with van der Waals surface area (Å²) >= 11 is 0. The third-order valence-electron chi connectivity index (χ3n) is 4.68. The van der Waals surface area contributed by atoms with Gasteiger partial charge in [-0.3, -0.25) is 0 Å². The molecule has 0 amide bonds. The summed E-state index contributed by atoms with van der Waals surface area (Å²) in [6.45, 7) is 3.31. The van der Waals surface area contributed by atoms with Crippen molar-refractivity contribution in [1.82, 2.24) is 0 Å². The molecular weight excluding hydrogens is 396 g/mol. The molecule has 1 nitrogen and oxygen atoms in total. The molecule has 0 N–H and O–H groups in total. The first-order valence-corrected chi connectivity index (χ1v) is 12.1. The van der Waals surface area contributed by atoms with Crippen LogP contribution in [0.1, 0.15) is 5.56 Å². The van der Waals surface area contributed by atoms with Gasteiger partial charge in [0.2, 0.25) is 0 Å². The minimum atomic E-state index is -2.94. The fourth-order valence-electron chi connectivity index (χ4n) is 2.94. The van der Waals surface area contributed by atoms with E-state index in [0.29, 0.717) is 16.5 Å². The Kier molecular flexibility index (Phi) is 6.22. The van der Waals surface area contributed by atoms with Gasteiger partial charge >= 0.3 is 0 Å². The summed E-state index contributed by atoms with van der Waals surface area (Å²) in [6.07, 6.45) is -0.325. The summed E-state index contributed by atoms with van der Waals surface area (Å²) in [6, 6.07) is 18.0. The van der Waals surface area contributed by atoms with Crippen molar-refractivity contribution in [1.29, 1.82) is 0 Å². The smallest absolute Gasteiger partial charge is 0.165 e. The van der Waals surface area contributed by atoms with Crippen LogP contribution in [0.25, 0.3) is 0 Å². The van der Waals surface area contributed by atoms with E-state index in [-0.39, 0.29) is 12.2 Å². The van der Waals surface area contributed by atoms with Crippen molar-refractivity contribution in [3.63, 3.8) is 0 Å². The minimum absolute atomic E-state index is 0.0584. The third kappa shape index (κ3) is 4.95. The second kappa shape index (κ2) is 8.65. The SMILES string of the molecule is C[Si](C)(/C(F)=C(\F)Cc1ccc(F)c(Oc2ccccc2)c1)c1ccc(F)cc1. The summed E-state index contributed by atoms with van der Waals surface area (Å²) in [7, 11) is -2.94. The van der Waals surface area contributed by atoms with Crippen molar-refractivity contribution in [2.75, 3.05) is 0 Å². The van der Waals surface area contributed by atoms with Crippen LogP contribution >= 0.6 is 0 Å². The Balaban J connectivity index is 1.84. The zero-order valence-corrected chi connectivity index (χ0v) is 17.1. The van der Waals surface area contributed by atoms with Gasteiger partial charge in [-0.25, -0.2) is 17.6 Å². The van der Waals surface area contributed by atoms with E-state index in [1.165, 1.54) is 42.5 Å². The molecule has 0 fully saturated rings. The van der Waals surface area contributed by atoms with Gasteiger partial charge in [0.15, 0.2) is 19.6 Å². The summed E-state index contributed by atoms with van der Waals surface area (Å²) in [5, 5.41) is 0.582. The van der Waals surface area contributed by atoms with Crippen LogP contribution in [0.15, 0.2) is 84.1 Å². The minimum Gasteiger partial charge on any atom is -0.454 e. The van der Waals surface area contributed by atoms with Crippen molar-refractivity contribution < 1.29 is 22.3 Å². The van der Waals surface area contributed by atoms with Crippen LogP contribution in [-0.2, 0) is 6.42 Å². The van der Waals surface area contributed by atoms with Gasteiger partial charge in [0.25, 0.3) is 0 Å². The predicted molar refractivity (Wildman–Crippen MR) is 109 cm³/mol. The van der Waals surface area contributed by atoms with Crippen LogP contribution in [0.3, 0.4) is 0 Å². The summed E-state index contributed by atoms with van der Waals surface area (Å²) in [5.74, 6) is -1.56. The van der Waals surface area contributed by atoms with Crippen LogP contribution in [0.5, 0.6) is 11.5 Å². The lowest BCUT2D eigenvalue weighted by atomic mass is 10.1. The summed E-state index contributed by atoms with van der Waals surface area (Å²) in [4.78, 5) is 0. The monoisotopic (exact) mass is 416 g/mol. The van der Waals surface area contributed by atoms with Gasteiger partial charge in [-0.1, -0.05) is 54.7 Å². The largest absolute Gasteiger partial charge is 0.454 e. The average Bonchev–Trinajstić information content (AvgIpc) is 2.71. The van der Waals surface area contributed by atoms with Gasteiger partial charge in [0.1, 0.15) is 22.8 Å². The average molecular weight is 416 g/mol. The molecular formula is C23H20F4OSi. The first-order valence-electron chi connectivity index (χ1n) is 9.09. The molecule has 0 saturated heterocycles. The van der Waals surface area contributed by atoms with Crippen molar-refractivity contribution in [2.45, 2.75) is 19.5 Å². The number of rotatable bonds is 6. The van der Waals surface area contributed by atoms with E-state index in [1.807, 2.05) is 0 Å². The molecule has 0 aliphatic carbocycles. The summed E-state index contributed by atoms with van der Waals surface area (Å²) < 4.78 is 62.4. The van der Waals surface area contributed by atoms with E-state index in [2.05, 4.69) is 0 Å². The molecule has 3 aromatic carbocycles. The van der Waals surface area contributed by atoms with Crippen LogP contribution in [-0.4, -0.2) is 8.07 Å². The van der Waals surface area contributed by atoms with Gasteiger partial charge < -0.3 is 4.74 Å². The lowest BCUT2D eigenvalue weighted by molar-refractivity contribution is 0.441. The molecule has 0 aliphatic rings. The molecule has 0 unspecified atom stereocenters. The highest BCUT2D eigenvalue weighted by molar-refractivity contribution is 6.95. The van der Waals surface area contributed by atoms with Gasteiger partial charge in [-0.2, -0.15) is 0 Å². The number of halogens is 4. The first kappa shape index (κ1) is 20.9. The van der Waals surface area contributed by atoms with E-state index in [1.54, 1.807) is 43.4 Å². The molecule has 0 heterocycles. The quantitative estimate of drug-likeness (QED) is 0.325. The number of para-hydroxylation sites is 1. The molecule has 150 valence electrons. The number of ether oxygens (including phenoxy) is 1. The molecule has 0 aromatic heterocycles. The molecule has 0 atom stereocenters. The van der Waals surface area contributed by atoms with Crippen LogP contribution < -0.4 is 9.92 Å². The maximum atomic E-state index is 14.9. The Morgan fingerprint density at radius 1 is 0.862 bits per heavy atom. The van der Waals surface area contributed by atoms with Gasteiger partial charge in [-0.05, 0) is 42.0 Å². The molecule has 0 radical (unpaired) electrons. The number of benzene rings is 3. The highest BCUT2D eigenvalue weighted by Crippen LogP contribution is 2.28. The predicted octanol–water partition coefficient (Wildman–Crippen LogP) is 6.61. The van der Waals surface area contributed by atoms with Gasteiger partial charge in [0, 0.05) is 6.42 Å². The maximum Gasteiger partial charge on any atom is 0.165 e. The van der Waals surface area contributed by atoms with E-state index in [0.717, 1.165) is 0 Å². The molecule has 6 heteroatoms. The van der Waals surface area contributed by atoms with Crippen molar-refractivity contribution in [2.24, 2.45) is 0 Å². The molecule has 29 heavy (non-hydrogen) atoms. The Morgan fingerprint density at radius 2 is 1.52 bits per heavy atom. The maximum absolute atomic E-state index is 14.9. The fraction of sp³-hybridized carbons (Fsp3) is 0.130. The van der Waals surface area contributed by atoms with Crippen molar-refractivity contribution in [3.05, 3.63) is 101 Å². The lowest BCUT2D eigenvalue weighted by Gasteiger charge is -2.21. The van der Waals surface area contributed by atoms with E-state index in [4.69, 9.17) is 4.74 Å². The number of hydrogen-bond acceptors (Lipinski definition) is 1. The molecule has 0 bridgehead atoms. The van der Waals surface area contributed by atoms with Crippen molar-refractivity contribution in [3.8, 4) is 11.5 Å². The van der Waals surface area contributed by atoms with Crippen molar-refractivity contribution >= 4 is 13.3 Å². The Morgan fingerprint density at radius 3 is 2.17 bits per heavy atom. The molecule has 3 aromatic rings. The lowest BCUT2D eigenvalue weighted by Crippen LogP contribution is -2.43. The van der Waals surface area contributed by atoms with Gasteiger partial charge in [-0.15, -0.1) is 0 Å². The molecule has 0 saturated carbocycles. The second-order valence-electron chi connectivity index (χ2n) is 7.21. The fourth-order valence-corrected chi connectivity index (χ4v) is 4.96. The number of allylic oxidation sites excluding steroid dienone is 1.